The average Bonchev–Trinajstić information content (AvgIpc) is 3.17. The van der Waals surface area contributed by atoms with Gasteiger partial charge in [0.1, 0.15) is 12.2 Å². The number of nitrogens with zero attached hydrogens (tertiary/aromatic N) is 6. The van der Waals surface area contributed by atoms with E-state index in [2.05, 4.69) is 44.8 Å². The molecule has 1 unspecified atom stereocenters. The van der Waals surface area contributed by atoms with Gasteiger partial charge in [-0.2, -0.15) is 5.10 Å². The van der Waals surface area contributed by atoms with Crippen molar-refractivity contribution in [2.45, 2.75) is 65.2 Å². The second-order valence-corrected chi connectivity index (χ2v) is 6.07. The summed E-state index contributed by atoms with van der Waals surface area (Å²) in [4.78, 5) is 2.54. The van der Waals surface area contributed by atoms with Crippen LogP contribution < -0.4 is 0 Å². The van der Waals surface area contributed by atoms with Crippen molar-refractivity contribution in [2.24, 2.45) is 0 Å². The summed E-state index contributed by atoms with van der Waals surface area (Å²) in [7, 11) is 0. The standard InChI is InChI=1S/C16H26N6/c1-3-8-21-13-17-19-16(21)15-7-5-6-9-20(15)11-14-10-18-22(4-2)12-14/h10,12-13,15H,3-9,11H2,1-2H3. The molecule has 22 heavy (non-hydrogen) atoms. The molecule has 3 rings (SSSR count). The molecule has 1 fully saturated rings. The van der Waals surface area contributed by atoms with E-state index in [1.165, 1.54) is 24.8 Å². The molecule has 0 spiro atoms. The van der Waals surface area contributed by atoms with Crippen molar-refractivity contribution in [3.8, 4) is 0 Å². The Bertz CT molecular complexity index is 587. The summed E-state index contributed by atoms with van der Waals surface area (Å²) in [6.07, 6.45) is 10.8. The maximum atomic E-state index is 4.42. The summed E-state index contributed by atoms with van der Waals surface area (Å²) in [5.41, 5.74) is 1.29. The Hall–Kier alpha value is -1.69. The lowest BCUT2D eigenvalue weighted by atomic mass is 10.0. The van der Waals surface area contributed by atoms with Crippen molar-refractivity contribution in [3.05, 3.63) is 30.1 Å². The molecule has 0 bridgehead atoms. The minimum absolute atomic E-state index is 0.382. The van der Waals surface area contributed by atoms with Gasteiger partial charge in [-0.05, 0) is 32.7 Å². The fourth-order valence-electron chi connectivity index (χ4n) is 3.30. The van der Waals surface area contributed by atoms with Crippen LogP contribution in [0.2, 0.25) is 0 Å². The van der Waals surface area contributed by atoms with E-state index in [-0.39, 0.29) is 0 Å². The van der Waals surface area contributed by atoms with Gasteiger partial charge in [-0.3, -0.25) is 9.58 Å². The van der Waals surface area contributed by atoms with Crippen LogP contribution >= 0.6 is 0 Å². The highest BCUT2D eigenvalue weighted by Crippen LogP contribution is 2.31. The van der Waals surface area contributed by atoms with Crippen LogP contribution in [0.1, 0.15) is 57.0 Å². The Kier molecular flexibility index (Phi) is 4.87. The lowest BCUT2D eigenvalue weighted by Gasteiger charge is -2.34. The van der Waals surface area contributed by atoms with Crippen LogP contribution in [0.15, 0.2) is 18.7 Å². The first-order valence-corrected chi connectivity index (χ1v) is 8.45. The zero-order valence-corrected chi connectivity index (χ0v) is 13.6. The highest BCUT2D eigenvalue weighted by atomic mass is 15.3. The van der Waals surface area contributed by atoms with Gasteiger partial charge >= 0.3 is 0 Å². The molecular weight excluding hydrogens is 276 g/mol. The zero-order valence-electron chi connectivity index (χ0n) is 13.6. The van der Waals surface area contributed by atoms with Gasteiger partial charge in [0.15, 0.2) is 0 Å². The Balaban J connectivity index is 1.77. The molecule has 0 aromatic carbocycles. The molecule has 6 nitrogen and oxygen atoms in total. The molecule has 1 saturated heterocycles. The summed E-state index contributed by atoms with van der Waals surface area (Å²) in [5.74, 6) is 1.13. The second-order valence-electron chi connectivity index (χ2n) is 6.07. The van der Waals surface area contributed by atoms with E-state index in [0.717, 1.165) is 38.4 Å². The lowest BCUT2D eigenvalue weighted by molar-refractivity contribution is 0.130. The highest BCUT2D eigenvalue weighted by molar-refractivity contribution is 5.06. The number of rotatable bonds is 6. The van der Waals surface area contributed by atoms with Crippen LogP contribution in [-0.2, 0) is 19.6 Å². The Labute approximate surface area is 132 Å². The number of likely N-dealkylation sites (tertiary alicyclic amines) is 1. The predicted molar refractivity (Wildman–Crippen MR) is 85.2 cm³/mol. The van der Waals surface area contributed by atoms with Gasteiger partial charge in [-0.1, -0.05) is 13.3 Å². The highest BCUT2D eigenvalue weighted by Gasteiger charge is 2.28. The number of hydrogen-bond donors (Lipinski definition) is 0. The molecule has 1 aliphatic heterocycles. The van der Waals surface area contributed by atoms with Crippen molar-refractivity contribution in [2.75, 3.05) is 6.54 Å². The third-order valence-corrected chi connectivity index (χ3v) is 4.42. The molecule has 0 saturated carbocycles. The van der Waals surface area contributed by atoms with Crippen LogP contribution in [0.4, 0.5) is 0 Å². The molecule has 0 radical (unpaired) electrons. The summed E-state index contributed by atoms with van der Waals surface area (Å²) in [5, 5.41) is 13.0. The molecule has 1 aliphatic rings. The van der Waals surface area contributed by atoms with E-state index >= 15 is 0 Å². The fourth-order valence-corrected chi connectivity index (χ4v) is 3.30. The van der Waals surface area contributed by atoms with Crippen LogP contribution in [0.5, 0.6) is 0 Å². The third-order valence-electron chi connectivity index (χ3n) is 4.42. The largest absolute Gasteiger partial charge is 0.316 e. The van der Waals surface area contributed by atoms with E-state index in [1.807, 2.05) is 17.2 Å². The molecule has 0 aliphatic carbocycles. The molecule has 1 atom stereocenters. The summed E-state index contributed by atoms with van der Waals surface area (Å²) >= 11 is 0. The smallest absolute Gasteiger partial charge is 0.150 e. The van der Waals surface area contributed by atoms with Gasteiger partial charge in [-0.15, -0.1) is 10.2 Å². The summed E-state index contributed by atoms with van der Waals surface area (Å²) in [6, 6.07) is 0.382. The van der Waals surface area contributed by atoms with Gasteiger partial charge in [0, 0.05) is 31.4 Å². The van der Waals surface area contributed by atoms with Crippen LogP contribution in [0.25, 0.3) is 0 Å². The average molecular weight is 302 g/mol. The Morgan fingerprint density at radius 1 is 1.27 bits per heavy atom. The Morgan fingerprint density at radius 3 is 2.95 bits per heavy atom. The van der Waals surface area contributed by atoms with Crippen molar-refractivity contribution in [1.29, 1.82) is 0 Å². The fraction of sp³-hybridized carbons (Fsp3) is 0.688. The van der Waals surface area contributed by atoms with E-state index < -0.39 is 0 Å². The molecule has 0 amide bonds. The van der Waals surface area contributed by atoms with Crippen LogP contribution in [0, 0.1) is 0 Å². The first-order chi connectivity index (χ1) is 10.8. The van der Waals surface area contributed by atoms with Gasteiger partial charge in [-0.25, -0.2) is 0 Å². The number of aryl methyl sites for hydroxylation is 2. The molecule has 120 valence electrons. The second kappa shape index (κ2) is 7.05. The molecular formula is C16H26N6. The quantitative estimate of drug-likeness (QED) is 0.823. The van der Waals surface area contributed by atoms with Crippen molar-refractivity contribution < 1.29 is 0 Å². The minimum atomic E-state index is 0.382. The zero-order chi connectivity index (χ0) is 15.4. The summed E-state index contributed by atoms with van der Waals surface area (Å²) < 4.78 is 4.21. The van der Waals surface area contributed by atoms with Gasteiger partial charge in [0.2, 0.25) is 0 Å². The SMILES string of the molecule is CCCn1cnnc1C1CCCCN1Cc1cnn(CC)c1. The molecule has 6 heteroatoms. The van der Waals surface area contributed by atoms with Crippen LogP contribution in [0.3, 0.4) is 0 Å². The monoisotopic (exact) mass is 302 g/mol. The lowest BCUT2D eigenvalue weighted by Crippen LogP contribution is -2.34. The first kappa shape index (κ1) is 15.2. The number of piperidine rings is 1. The van der Waals surface area contributed by atoms with Gasteiger partial charge in [0.05, 0.1) is 12.2 Å². The number of aromatic nitrogens is 5. The van der Waals surface area contributed by atoms with E-state index in [9.17, 15) is 0 Å². The van der Waals surface area contributed by atoms with Crippen molar-refractivity contribution in [3.63, 3.8) is 0 Å². The third kappa shape index (κ3) is 3.21. The van der Waals surface area contributed by atoms with E-state index in [0.29, 0.717) is 6.04 Å². The molecule has 2 aromatic rings. The molecule has 0 N–H and O–H groups in total. The first-order valence-electron chi connectivity index (χ1n) is 8.45. The molecule has 3 heterocycles. The normalized spacial score (nSPS) is 19.6. The predicted octanol–water partition coefficient (Wildman–Crippen LogP) is 2.63. The molecule has 2 aromatic heterocycles. The minimum Gasteiger partial charge on any atom is -0.316 e. The topological polar surface area (TPSA) is 51.8 Å². The van der Waals surface area contributed by atoms with Crippen molar-refractivity contribution in [1.82, 2.24) is 29.4 Å². The van der Waals surface area contributed by atoms with Crippen molar-refractivity contribution >= 4 is 0 Å². The van der Waals surface area contributed by atoms with Crippen LogP contribution in [-0.4, -0.2) is 36.0 Å². The van der Waals surface area contributed by atoms with E-state index in [1.54, 1.807) is 0 Å². The van der Waals surface area contributed by atoms with Gasteiger partial charge < -0.3 is 4.57 Å². The number of hydrogen-bond acceptors (Lipinski definition) is 4. The van der Waals surface area contributed by atoms with E-state index in [4.69, 9.17) is 0 Å². The van der Waals surface area contributed by atoms with Gasteiger partial charge in [0.25, 0.3) is 0 Å². The Morgan fingerprint density at radius 2 is 2.18 bits per heavy atom. The maximum Gasteiger partial charge on any atom is 0.150 e. The maximum absolute atomic E-state index is 4.42. The summed E-state index contributed by atoms with van der Waals surface area (Å²) in [6.45, 7) is 8.31.